The van der Waals surface area contributed by atoms with Crippen molar-refractivity contribution in [3.05, 3.63) is 21.5 Å². The third-order valence-electron chi connectivity index (χ3n) is 3.08. The predicted molar refractivity (Wildman–Crippen MR) is 64.0 cm³/mol. The van der Waals surface area contributed by atoms with Crippen molar-refractivity contribution < 1.29 is 4.92 Å². The van der Waals surface area contributed by atoms with Gasteiger partial charge in [-0.3, -0.25) is 14.8 Å². The van der Waals surface area contributed by atoms with Crippen LogP contribution in [0.15, 0.2) is 0 Å². The third kappa shape index (κ3) is 2.82. The lowest BCUT2D eigenvalue weighted by Crippen LogP contribution is -2.19. The van der Waals surface area contributed by atoms with Gasteiger partial charge in [-0.2, -0.15) is 5.10 Å². The lowest BCUT2D eigenvalue weighted by atomic mass is 10.3. The van der Waals surface area contributed by atoms with Gasteiger partial charge < -0.3 is 5.32 Å². The van der Waals surface area contributed by atoms with Crippen LogP contribution in [-0.4, -0.2) is 27.3 Å². The SMILES string of the molecule is Cc1nn(CCCNC2CC2)c(C)c1[N+](=O)[O-]. The summed E-state index contributed by atoms with van der Waals surface area (Å²) in [7, 11) is 0. The van der Waals surface area contributed by atoms with E-state index in [4.69, 9.17) is 0 Å². The van der Waals surface area contributed by atoms with Crippen LogP contribution in [0, 0.1) is 24.0 Å². The lowest BCUT2D eigenvalue weighted by Gasteiger charge is -2.04. The molecular formula is C11H18N4O2. The largest absolute Gasteiger partial charge is 0.314 e. The highest BCUT2D eigenvalue weighted by Gasteiger charge is 2.22. The van der Waals surface area contributed by atoms with Crippen molar-refractivity contribution in [3.8, 4) is 0 Å². The molecule has 0 atom stereocenters. The molecule has 0 unspecified atom stereocenters. The summed E-state index contributed by atoms with van der Waals surface area (Å²) in [5, 5.41) is 18.4. The summed E-state index contributed by atoms with van der Waals surface area (Å²) < 4.78 is 1.74. The minimum Gasteiger partial charge on any atom is -0.314 e. The number of nitrogens with zero attached hydrogens (tertiary/aromatic N) is 3. The molecule has 17 heavy (non-hydrogen) atoms. The molecule has 0 amide bonds. The van der Waals surface area contributed by atoms with Crippen molar-refractivity contribution in [1.29, 1.82) is 0 Å². The van der Waals surface area contributed by atoms with E-state index in [9.17, 15) is 10.1 Å². The summed E-state index contributed by atoms with van der Waals surface area (Å²) in [4.78, 5) is 10.5. The highest BCUT2D eigenvalue weighted by atomic mass is 16.6. The fourth-order valence-electron chi connectivity index (χ4n) is 1.99. The van der Waals surface area contributed by atoms with Crippen LogP contribution < -0.4 is 5.32 Å². The van der Waals surface area contributed by atoms with Crippen LogP contribution in [0.5, 0.6) is 0 Å². The van der Waals surface area contributed by atoms with E-state index in [2.05, 4.69) is 10.4 Å². The van der Waals surface area contributed by atoms with Crippen LogP contribution in [0.3, 0.4) is 0 Å². The van der Waals surface area contributed by atoms with Crippen LogP contribution >= 0.6 is 0 Å². The molecule has 1 aromatic heterocycles. The summed E-state index contributed by atoms with van der Waals surface area (Å²) >= 11 is 0. The maximum absolute atomic E-state index is 10.8. The van der Waals surface area contributed by atoms with Gasteiger partial charge in [-0.05, 0) is 39.7 Å². The summed E-state index contributed by atoms with van der Waals surface area (Å²) in [5.74, 6) is 0. The van der Waals surface area contributed by atoms with E-state index in [-0.39, 0.29) is 10.6 Å². The zero-order valence-corrected chi connectivity index (χ0v) is 10.3. The zero-order chi connectivity index (χ0) is 12.4. The molecule has 0 saturated heterocycles. The molecular weight excluding hydrogens is 220 g/mol. The monoisotopic (exact) mass is 238 g/mol. The minimum absolute atomic E-state index is 0.153. The van der Waals surface area contributed by atoms with Gasteiger partial charge in [0.1, 0.15) is 11.4 Å². The second-order valence-corrected chi connectivity index (χ2v) is 4.58. The van der Waals surface area contributed by atoms with Gasteiger partial charge in [-0.25, -0.2) is 0 Å². The van der Waals surface area contributed by atoms with E-state index in [1.165, 1.54) is 12.8 Å². The summed E-state index contributed by atoms with van der Waals surface area (Å²) in [5.41, 5.74) is 1.31. The summed E-state index contributed by atoms with van der Waals surface area (Å²) in [6.07, 6.45) is 3.52. The van der Waals surface area contributed by atoms with Crippen molar-refractivity contribution in [3.63, 3.8) is 0 Å². The number of aromatic nitrogens is 2. The molecule has 6 heteroatoms. The first-order valence-corrected chi connectivity index (χ1v) is 6.01. The first kappa shape index (κ1) is 12.0. The van der Waals surface area contributed by atoms with Crippen LogP contribution in [0.2, 0.25) is 0 Å². The standard InChI is InChI=1S/C11H18N4O2/c1-8-11(15(16)17)9(2)14(13-8)7-3-6-12-10-4-5-10/h10,12H,3-7H2,1-2H3. The predicted octanol–water partition coefficient (Wildman–Crippen LogP) is 1.55. The molecule has 1 heterocycles. The normalized spacial score (nSPS) is 15.2. The number of nitro groups is 1. The molecule has 1 aliphatic rings. The van der Waals surface area contributed by atoms with E-state index in [1.54, 1.807) is 18.5 Å². The molecule has 1 saturated carbocycles. The van der Waals surface area contributed by atoms with Crippen molar-refractivity contribution in [2.24, 2.45) is 0 Å². The third-order valence-corrected chi connectivity index (χ3v) is 3.08. The Hall–Kier alpha value is -1.43. The number of hydrogen-bond donors (Lipinski definition) is 1. The summed E-state index contributed by atoms with van der Waals surface area (Å²) in [6.45, 7) is 5.13. The first-order chi connectivity index (χ1) is 8.09. The van der Waals surface area contributed by atoms with E-state index in [0.717, 1.165) is 19.5 Å². The van der Waals surface area contributed by atoms with E-state index >= 15 is 0 Å². The van der Waals surface area contributed by atoms with Gasteiger partial charge in [0, 0.05) is 12.6 Å². The second-order valence-electron chi connectivity index (χ2n) is 4.58. The molecule has 1 aliphatic carbocycles. The van der Waals surface area contributed by atoms with Crippen LogP contribution in [0.1, 0.15) is 30.7 Å². The molecule has 2 rings (SSSR count). The molecule has 1 N–H and O–H groups in total. The molecule has 6 nitrogen and oxygen atoms in total. The van der Waals surface area contributed by atoms with Crippen molar-refractivity contribution in [2.75, 3.05) is 6.54 Å². The van der Waals surface area contributed by atoms with Gasteiger partial charge in [-0.1, -0.05) is 0 Å². The minimum atomic E-state index is -0.351. The van der Waals surface area contributed by atoms with Crippen molar-refractivity contribution >= 4 is 5.69 Å². The Morgan fingerprint density at radius 1 is 1.53 bits per heavy atom. The van der Waals surface area contributed by atoms with E-state index in [1.807, 2.05) is 0 Å². The molecule has 94 valence electrons. The van der Waals surface area contributed by atoms with Gasteiger partial charge in [0.15, 0.2) is 0 Å². The fraction of sp³-hybridized carbons (Fsp3) is 0.727. The molecule has 0 spiro atoms. The molecule has 1 aromatic rings. The molecule has 0 bridgehead atoms. The zero-order valence-electron chi connectivity index (χ0n) is 10.3. The van der Waals surface area contributed by atoms with E-state index < -0.39 is 0 Å². The molecule has 0 radical (unpaired) electrons. The Labute approximate surface area is 100 Å². The Balaban J connectivity index is 1.90. The Morgan fingerprint density at radius 2 is 2.24 bits per heavy atom. The topological polar surface area (TPSA) is 73.0 Å². The van der Waals surface area contributed by atoms with Gasteiger partial charge in [-0.15, -0.1) is 0 Å². The molecule has 1 fully saturated rings. The fourth-order valence-corrected chi connectivity index (χ4v) is 1.99. The second kappa shape index (κ2) is 4.83. The Bertz CT molecular complexity index is 423. The smallest absolute Gasteiger partial charge is 0.312 e. The highest BCUT2D eigenvalue weighted by molar-refractivity contribution is 5.39. The number of aryl methyl sites for hydroxylation is 2. The van der Waals surface area contributed by atoms with Crippen molar-refractivity contribution in [2.45, 2.75) is 45.7 Å². The van der Waals surface area contributed by atoms with Gasteiger partial charge >= 0.3 is 5.69 Å². The molecule has 0 aliphatic heterocycles. The number of nitrogens with one attached hydrogen (secondary N) is 1. The van der Waals surface area contributed by atoms with E-state index in [0.29, 0.717) is 17.4 Å². The van der Waals surface area contributed by atoms with Gasteiger partial charge in [0.2, 0.25) is 0 Å². The van der Waals surface area contributed by atoms with Gasteiger partial charge in [0.25, 0.3) is 0 Å². The number of rotatable bonds is 6. The van der Waals surface area contributed by atoms with Crippen molar-refractivity contribution in [1.82, 2.24) is 15.1 Å². The lowest BCUT2D eigenvalue weighted by molar-refractivity contribution is -0.386. The number of hydrogen-bond acceptors (Lipinski definition) is 4. The first-order valence-electron chi connectivity index (χ1n) is 6.01. The summed E-state index contributed by atoms with van der Waals surface area (Å²) in [6, 6.07) is 0.713. The van der Waals surface area contributed by atoms with Gasteiger partial charge in [0.05, 0.1) is 4.92 Å². The average Bonchev–Trinajstić information content (AvgIpc) is 3.01. The van der Waals surface area contributed by atoms with Crippen LogP contribution in [-0.2, 0) is 6.54 Å². The Kier molecular flexibility index (Phi) is 3.42. The maximum Gasteiger partial charge on any atom is 0.312 e. The highest BCUT2D eigenvalue weighted by Crippen LogP contribution is 2.22. The maximum atomic E-state index is 10.8. The van der Waals surface area contributed by atoms with Crippen LogP contribution in [0.4, 0.5) is 5.69 Å². The average molecular weight is 238 g/mol. The van der Waals surface area contributed by atoms with Crippen LogP contribution in [0.25, 0.3) is 0 Å². The Morgan fingerprint density at radius 3 is 2.76 bits per heavy atom. The quantitative estimate of drug-likeness (QED) is 0.463. The molecule has 0 aromatic carbocycles.